The molecule has 196 valence electrons. The molecule has 0 aliphatic heterocycles. The standard InChI is InChI=1S/C30H29Br2N3O3/c1-19-8-10-20(11-9-19)18-38-28-25(32)14-21(15-27(28)37-2)17-33-35-29(22-6-4-3-5-7-22)34-26-13-12-23(31)16-24(26)30(35)36/h8-17,22H,3-7,18H2,1-2H3. The quantitative estimate of drug-likeness (QED) is 0.194. The second-order valence-corrected chi connectivity index (χ2v) is 11.4. The highest BCUT2D eigenvalue weighted by Gasteiger charge is 2.22. The van der Waals surface area contributed by atoms with Gasteiger partial charge in [-0.25, -0.2) is 4.98 Å². The maximum Gasteiger partial charge on any atom is 0.282 e. The van der Waals surface area contributed by atoms with Gasteiger partial charge in [0, 0.05) is 10.4 Å². The zero-order valence-corrected chi connectivity index (χ0v) is 24.6. The van der Waals surface area contributed by atoms with E-state index in [9.17, 15) is 4.79 Å². The molecule has 1 saturated carbocycles. The fourth-order valence-corrected chi connectivity index (χ4v) is 5.76. The van der Waals surface area contributed by atoms with E-state index < -0.39 is 0 Å². The topological polar surface area (TPSA) is 65.7 Å². The highest BCUT2D eigenvalue weighted by molar-refractivity contribution is 9.10. The first-order valence-corrected chi connectivity index (χ1v) is 14.3. The predicted molar refractivity (Wildman–Crippen MR) is 159 cm³/mol. The largest absolute Gasteiger partial charge is 0.493 e. The van der Waals surface area contributed by atoms with Gasteiger partial charge in [0.15, 0.2) is 11.5 Å². The lowest BCUT2D eigenvalue weighted by atomic mass is 9.88. The molecule has 0 radical (unpaired) electrons. The molecule has 0 spiro atoms. The van der Waals surface area contributed by atoms with E-state index in [1.807, 2.05) is 24.3 Å². The molecule has 0 unspecified atom stereocenters. The van der Waals surface area contributed by atoms with Gasteiger partial charge >= 0.3 is 0 Å². The number of aryl methyl sites for hydroxylation is 1. The van der Waals surface area contributed by atoms with Gasteiger partial charge in [-0.1, -0.05) is 65.0 Å². The summed E-state index contributed by atoms with van der Waals surface area (Å²) in [5, 5.41) is 5.20. The maximum absolute atomic E-state index is 13.6. The number of halogens is 2. The SMILES string of the molecule is COc1cc(C=Nn2c(C3CCCCC3)nc3ccc(Br)cc3c2=O)cc(Br)c1OCc1ccc(C)cc1. The summed E-state index contributed by atoms with van der Waals surface area (Å²) in [6.07, 6.45) is 7.19. The summed E-state index contributed by atoms with van der Waals surface area (Å²) in [5.41, 5.74) is 3.57. The van der Waals surface area contributed by atoms with Crippen LogP contribution in [0.1, 0.15) is 60.5 Å². The maximum atomic E-state index is 13.6. The van der Waals surface area contributed by atoms with E-state index in [1.54, 1.807) is 19.4 Å². The molecule has 0 amide bonds. The van der Waals surface area contributed by atoms with E-state index in [0.717, 1.165) is 51.6 Å². The Kier molecular flexibility index (Phi) is 8.29. The summed E-state index contributed by atoms with van der Waals surface area (Å²) in [6, 6.07) is 17.6. The summed E-state index contributed by atoms with van der Waals surface area (Å²) in [4.78, 5) is 18.5. The first kappa shape index (κ1) is 26.6. The van der Waals surface area contributed by atoms with E-state index in [0.29, 0.717) is 29.0 Å². The fourth-order valence-electron chi connectivity index (χ4n) is 4.82. The van der Waals surface area contributed by atoms with E-state index in [2.05, 4.69) is 68.2 Å². The molecular formula is C30H29Br2N3O3. The Labute approximate surface area is 239 Å². The van der Waals surface area contributed by atoms with Crippen LogP contribution in [0.25, 0.3) is 10.9 Å². The Morgan fingerprint density at radius 2 is 1.82 bits per heavy atom. The van der Waals surface area contributed by atoms with E-state index >= 15 is 0 Å². The number of benzene rings is 3. The van der Waals surface area contributed by atoms with Crippen LogP contribution in [0.2, 0.25) is 0 Å². The smallest absolute Gasteiger partial charge is 0.282 e. The van der Waals surface area contributed by atoms with Gasteiger partial charge < -0.3 is 9.47 Å². The minimum Gasteiger partial charge on any atom is -0.493 e. The highest BCUT2D eigenvalue weighted by atomic mass is 79.9. The van der Waals surface area contributed by atoms with Gasteiger partial charge in [-0.3, -0.25) is 4.79 Å². The summed E-state index contributed by atoms with van der Waals surface area (Å²) >= 11 is 7.11. The van der Waals surface area contributed by atoms with Crippen LogP contribution in [0.4, 0.5) is 0 Å². The van der Waals surface area contributed by atoms with Gasteiger partial charge in [0.05, 0.1) is 28.7 Å². The van der Waals surface area contributed by atoms with Crippen molar-refractivity contribution in [2.45, 2.75) is 51.6 Å². The van der Waals surface area contributed by atoms with Gasteiger partial charge in [-0.2, -0.15) is 9.78 Å². The second kappa shape index (κ2) is 11.8. The third-order valence-corrected chi connectivity index (χ3v) is 7.96. The molecule has 1 fully saturated rings. The van der Waals surface area contributed by atoms with Crippen LogP contribution >= 0.6 is 31.9 Å². The van der Waals surface area contributed by atoms with Gasteiger partial charge in [-0.15, -0.1) is 0 Å². The minimum atomic E-state index is -0.169. The van der Waals surface area contributed by atoms with Crippen LogP contribution in [-0.4, -0.2) is 23.0 Å². The highest BCUT2D eigenvalue weighted by Crippen LogP contribution is 2.37. The Hall–Kier alpha value is -2.97. The molecule has 0 bridgehead atoms. The molecule has 0 saturated heterocycles. The van der Waals surface area contributed by atoms with Gasteiger partial charge in [0.1, 0.15) is 12.4 Å². The molecule has 0 atom stereocenters. The first-order valence-electron chi connectivity index (χ1n) is 12.8. The van der Waals surface area contributed by atoms with Crippen molar-refractivity contribution in [3.8, 4) is 11.5 Å². The van der Waals surface area contributed by atoms with E-state index in [4.69, 9.17) is 14.5 Å². The molecule has 5 rings (SSSR count). The summed E-state index contributed by atoms with van der Waals surface area (Å²) < 4.78 is 14.8. The van der Waals surface area contributed by atoms with Crippen LogP contribution in [0.3, 0.4) is 0 Å². The Balaban J connectivity index is 1.49. The molecular weight excluding hydrogens is 610 g/mol. The molecule has 1 aliphatic carbocycles. The van der Waals surface area contributed by atoms with Gasteiger partial charge in [0.2, 0.25) is 0 Å². The third-order valence-electron chi connectivity index (χ3n) is 6.88. The fraction of sp³-hybridized carbons (Fsp3) is 0.300. The number of methoxy groups -OCH3 is 1. The molecule has 8 heteroatoms. The number of aromatic nitrogens is 2. The number of nitrogens with zero attached hydrogens (tertiary/aromatic N) is 3. The molecule has 6 nitrogen and oxygen atoms in total. The Morgan fingerprint density at radius 3 is 2.55 bits per heavy atom. The minimum absolute atomic E-state index is 0.169. The van der Waals surface area contributed by atoms with Crippen LogP contribution in [0, 0.1) is 6.92 Å². The van der Waals surface area contributed by atoms with Crippen molar-refractivity contribution in [1.29, 1.82) is 0 Å². The van der Waals surface area contributed by atoms with E-state index in [1.165, 1.54) is 16.7 Å². The van der Waals surface area contributed by atoms with E-state index in [-0.39, 0.29) is 11.5 Å². The van der Waals surface area contributed by atoms with Crippen molar-refractivity contribution < 1.29 is 9.47 Å². The predicted octanol–water partition coefficient (Wildman–Crippen LogP) is 7.75. The summed E-state index contributed by atoms with van der Waals surface area (Å²) in [6.45, 7) is 2.48. The second-order valence-electron chi connectivity index (χ2n) is 9.64. The Bertz CT molecular complexity index is 1540. The third kappa shape index (κ3) is 5.86. The van der Waals surface area contributed by atoms with Gasteiger partial charge in [0.25, 0.3) is 5.56 Å². The number of hydrogen-bond acceptors (Lipinski definition) is 5. The van der Waals surface area contributed by atoms with Crippen molar-refractivity contribution >= 4 is 49.0 Å². The van der Waals surface area contributed by atoms with Gasteiger partial charge in [-0.05, 0) is 77.2 Å². The first-order chi connectivity index (χ1) is 18.4. The van der Waals surface area contributed by atoms with Crippen LogP contribution in [0.15, 0.2) is 73.4 Å². The van der Waals surface area contributed by atoms with Crippen LogP contribution in [-0.2, 0) is 6.61 Å². The summed E-state index contributed by atoms with van der Waals surface area (Å²) in [7, 11) is 1.61. The lowest BCUT2D eigenvalue weighted by Gasteiger charge is -2.22. The van der Waals surface area contributed by atoms with Crippen molar-refractivity contribution in [2.24, 2.45) is 5.10 Å². The Morgan fingerprint density at radius 1 is 1.05 bits per heavy atom. The number of ether oxygens (including phenoxy) is 2. The molecule has 4 aromatic rings. The zero-order valence-electron chi connectivity index (χ0n) is 21.4. The van der Waals surface area contributed by atoms with Crippen molar-refractivity contribution in [2.75, 3.05) is 7.11 Å². The number of fused-ring (bicyclic) bond motifs is 1. The van der Waals surface area contributed by atoms with Crippen molar-refractivity contribution in [3.05, 3.63) is 96.4 Å². The molecule has 1 heterocycles. The number of hydrogen-bond donors (Lipinski definition) is 0. The van der Waals surface area contributed by atoms with Crippen LogP contribution < -0.4 is 15.0 Å². The molecule has 1 aromatic heterocycles. The van der Waals surface area contributed by atoms with Crippen molar-refractivity contribution in [3.63, 3.8) is 0 Å². The monoisotopic (exact) mass is 637 g/mol. The lowest BCUT2D eigenvalue weighted by molar-refractivity contribution is 0.282. The average Bonchev–Trinajstić information content (AvgIpc) is 2.93. The van der Waals surface area contributed by atoms with Crippen LogP contribution in [0.5, 0.6) is 11.5 Å². The average molecular weight is 639 g/mol. The normalized spacial score (nSPS) is 14.3. The van der Waals surface area contributed by atoms with Crippen molar-refractivity contribution in [1.82, 2.24) is 9.66 Å². The lowest BCUT2D eigenvalue weighted by Crippen LogP contribution is -2.25. The summed E-state index contributed by atoms with van der Waals surface area (Å²) in [5.74, 6) is 2.13. The molecule has 38 heavy (non-hydrogen) atoms. The molecule has 3 aromatic carbocycles. The molecule has 0 N–H and O–H groups in total. The molecule has 1 aliphatic rings. The number of rotatable bonds is 7. The zero-order chi connectivity index (χ0) is 26.6.